The first kappa shape index (κ1) is 38.1. The van der Waals surface area contributed by atoms with E-state index >= 15 is 0 Å². The fourth-order valence-electron chi connectivity index (χ4n) is 4.35. The van der Waals surface area contributed by atoms with E-state index < -0.39 is 75.5 Å². The summed E-state index contributed by atoms with van der Waals surface area (Å²) in [7, 11) is 0. The summed E-state index contributed by atoms with van der Waals surface area (Å²) >= 11 is 0. The maximum absolute atomic E-state index is 10.7. The second-order valence-electron chi connectivity index (χ2n) is 10.2. The molecule has 0 saturated carbocycles. The molecule has 0 aliphatic carbocycles. The normalized spacial score (nSPS) is 13.4. The average molecular weight is 671 g/mol. The van der Waals surface area contributed by atoms with Gasteiger partial charge < -0.3 is 69.6 Å². The van der Waals surface area contributed by atoms with Crippen LogP contribution in [0.5, 0.6) is 0 Å². The van der Waals surface area contributed by atoms with Gasteiger partial charge >= 0.3 is 24.6 Å². The van der Waals surface area contributed by atoms with Gasteiger partial charge in [-0.1, -0.05) is 24.3 Å². The van der Waals surface area contributed by atoms with E-state index in [2.05, 4.69) is 18.9 Å². The van der Waals surface area contributed by atoms with Gasteiger partial charge in [-0.15, -0.1) is 0 Å². The molecule has 260 valence electrons. The number of nitrogens with zero attached hydrogens (tertiary/aromatic N) is 2. The summed E-state index contributed by atoms with van der Waals surface area (Å²) in [4.78, 5) is 45.7. The smallest absolute Gasteiger partial charge is 0.450 e. The fraction of sp³-hybridized carbons (Fsp3) is 0.448. The van der Waals surface area contributed by atoms with Gasteiger partial charge in [0.25, 0.3) is 0 Å². The molecule has 2 aromatic carbocycles. The molecule has 8 N–H and O–H groups in total. The Bertz CT molecular complexity index is 1130. The summed E-state index contributed by atoms with van der Waals surface area (Å²) < 4.78 is 17.6. The number of ether oxygens (including phenoxy) is 4. The number of benzene rings is 2. The number of hydrogen-bond acceptors (Lipinski definition) is 14. The van der Waals surface area contributed by atoms with E-state index in [4.69, 9.17) is 20.4 Å². The number of carboxylic acid groups (broad SMARTS) is 4. The summed E-state index contributed by atoms with van der Waals surface area (Å²) in [5.74, 6) is 0. The lowest BCUT2D eigenvalue weighted by atomic mass is 10.0. The SMILES string of the molecule is O=C(O)OCC(O)CN(CC(O)COC(=O)O)c1ccc(Cc2ccc(N(CC(O)COC(=O)O)CC(O)COC(=O)O)cc2)cc1. The van der Waals surface area contributed by atoms with Crippen LogP contribution in [0.4, 0.5) is 30.6 Å². The third kappa shape index (κ3) is 15.7. The van der Waals surface area contributed by atoms with Crippen molar-refractivity contribution in [1.82, 2.24) is 0 Å². The van der Waals surface area contributed by atoms with Gasteiger partial charge in [0.05, 0.1) is 0 Å². The van der Waals surface area contributed by atoms with Gasteiger partial charge in [-0.2, -0.15) is 0 Å². The van der Waals surface area contributed by atoms with Crippen molar-refractivity contribution in [2.75, 3.05) is 62.4 Å². The van der Waals surface area contributed by atoms with Crippen molar-refractivity contribution in [2.24, 2.45) is 0 Å². The minimum atomic E-state index is -1.57. The summed E-state index contributed by atoms with van der Waals surface area (Å²) in [6.45, 7) is -2.70. The molecule has 0 aromatic heterocycles. The zero-order chi connectivity index (χ0) is 34.9. The van der Waals surface area contributed by atoms with Crippen molar-refractivity contribution in [1.29, 1.82) is 0 Å². The van der Waals surface area contributed by atoms with Crippen LogP contribution in [0.3, 0.4) is 0 Å². The van der Waals surface area contributed by atoms with Crippen LogP contribution in [-0.4, -0.2) is 142 Å². The first-order chi connectivity index (χ1) is 22.2. The number of rotatable bonds is 20. The highest BCUT2D eigenvalue weighted by molar-refractivity contribution is 5.58. The fourth-order valence-corrected chi connectivity index (χ4v) is 4.35. The molecule has 2 aromatic rings. The van der Waals surface area contributed by atoms with Crippen molar-refractivity contribution < 1.29 is 79.0 Å². The molecule has 18 nitrogen and oxygen atoms in total. The maximum atomic E-state index is 10.7. The Morgan fingerprint density at radius 1 is 0.468 bits per heavy atom. The first-order valence-corrected chi connectivity index (χ1v) is 14.0. The van der Waals surface area contributed by atoms with Crippen LogP contribution in [0.25, 0.3) is 0 Å². The molecule has 4 unspecified atom stereocenters. The summed E-state index contributed by atoms with van der Waals surface area (Å²) in [6.07, 6.45) is -10.8. The van der Waals surface area contributed by atoms with Gasteiger partial charge in [-0.3, -0.25) is 0 Å². The molecule has 2 rings (SSSR count). The van der Waals surface area contributed by atoms with Crippen LogP contribution in [-0.2, 0) is 25.4 Å². The lowest BCUT2D eigenvalue weighted by Crippen LogP contribution is -2.41. The minimum absolute atomic E-state index is 0.150. The Morgan fingerprint density at radius 2 is 0.702 bits per heavy atom. The van der Waals surface area contributed by atoms with Crippen LogP contribution in [0, 0.1) is 0 Å². The van der Waals surface area contributed by atoms with Crippen molar-refractivity contribution in [3.8, 4) is 0 Å². The third-order valence-electron chi connectivity index (χ3n) is 6.33. The van der Waals surface area contributed by atoms with Gasteiger partial charge in [-0.25, -0.2) is 19.2 Å². The van der Waals surface area contributed by atoms with E-state index in [-0.39, 0.29) is 26.2 Å². The van der Waals surface area contributed by atoms with Gasteiger partial charge in [0.2, 0.25) is 0 Å². The summed E-state index contributed by atoms with van der Waals surface area (Å²) in [5, 5.41) is 75.7. The van der Waals surface area contributed by atoms with Crippen LogP contribution in [0.2, 0.25) is 0 Å². The molecule has 0 spiro atoms. The zero-order valence-corrected chi connectivity index (χ0v) is 25.0. The molecule has 0 aliphatic heterocycles. The third-order valence-corrected chi connectivity index (χ3v) is 6.33. The Hall–Kier alpha value is -5.04. The van der Waals surface area contributed by atoms with Crippen molar-refractivity contribution in [2.45, 2.75) is 30.8 Å². The Kier molecular flexibility index (Phi) is 15.8. The molecule has 0 aliphatic rings. The van der Waals surface area contributed by atoms with Crippen LogP contribution < -0.4 is 9.80 Å². The number of aliphatic hydroxyl groups is 4. The second kappa shape index (κ2) is 19.5. The lowest BCUT2D eigenvalue weighted by molar-refractivity contribution is 0.0342. The highest BCUT2D eigenvalue weighted by Gasteiger charge is 2.21. The second-order valence-corrected chi connectivity index (χ2v) is 10.2. The number of anilines is 2. The number of hydrogen-bond donors (Lipinski definition) is 8. The van der Waals surface area contributed by atoms with Crippen LogP contribution >= 0.6 is 0 Å². The van der Waals surface area contributed by atoms with Gasteiger partial charge in [0.1, 0.15) is 50.8 Å². The molecular weight excluding hydrogens is 632 g/mol. The molecule has 0 bridgehead atoms. The lowest BCUT2D eigenvalue weighted by Gasteiger charge is -2.29. The molecule has 0 heterocycles. The summed E-state index contributed by atoms with van der Waals surface area (Å²) in [6, 6.07) is 13.9. The highest BCUT2D eigenvalue weighted by Crippen LogP contribution is 2.21. The Labute approximate surface area is 268 Å². The number of carbonyl (C=O) groups is 4. The average Bonchev–Trinajstić information content (AvgIpc) is 3.01. The van der Waals surface area contributed by atoms with Crippen molar-refractivity contribution in [3.05, 3.63) is 59.7 Å². The molecule has 0 radical (unpaired) electrons. The largest absolute Gasteiger partial charge is 0.505 e. The predicted octanol–water partition coefficient (Wildman–Crippen LogP) is 1.11. The Balaban J connectivity index is 2.14. The monoisotopic (exact) mass is 670 g/mol. The number of aliphatic hydroxyl groups excluding tert-OH is 4. The standard InChI is InChI=1S/C29H38N2O16/c32-22(14-44-26(36)37)10-30(11-23(33)15-45-27(38)39)20-5-1-18(2-6-20)9-19-3-7-21(8-4-19)31(12-24(34)16-46-28(40)41)13-25(35)17-47-29(42)43/h1-8,22-25,32-35H,9-17H2,(H,36,37)(H,38,39)(H,40,41)(H,42,43). The van der Waals surface area contributed by atoms with Gasteiger partial charge in [0, 0.05) is 37.6 Å². The van der Waals surface area contributed by atoms with Crippen molar-refractivity contribution >= 4 is 36.0 Å². The van der Waals surface area contributed by atoms with E-state index in [0.717, 1.165) is 11.1 Å². The Morgan fingerprint density at radius 3 is 0.915 bits per heavy atom. The van der Waals surface area contributed by atoms with E-state index in [1.807, 2.05) is 0 Å². The quantitative estimate of drug-likeness (QED) is 0.0723. The van der Waals surface area contributed by atoms with E-state index in [1.54, 1.807) is 48.5 Å². The zero-order valence-electron chi connectivity index (χ0n) is 25.0. The van der Waals surface area contributed by atoms with Crippen molar-refractivity contribution in [3.63, 3.8) is 0 Å². The maximum Gasteiger partial charge on any atom is 0.505 e. The topological polar surface area (TPSA) is 274 Å². The van der Waals surface area contributed by atoms with E-state index in [1.165, 1.54) is 9.80 Å². The molecule has 18 heteroatoms. The van der Waals surface area contributed by atoms with Crippen LogP contribution in [0.15, 0.2) is 48.5 Å². The van der Waals surface area contributed by atoms with Crippen LogP contribution in [0.1, 0.15) is 11.1 Å². The predicted molar refractivity (Wildman–Crippen MR) is 160 cm³/mol. The summed E-state index contributed by atoms with van der Waals surface area (Å²) in [5.41, 5.74) is 2.76. The molecule has 47 heavy (non-hydrogen) atoms. The van der Waals surface area contributed by atoms with E-state index in [9.17, 15) is 39.6 Å². The molecule has 4 atom stereocenters. The highest BCUT2D eigenvalue weighted by atomic mass is 16.7. The van der Waals surface area contributed by atoms with Gasteiger partial charge in [0.15, 0.2) is 0 Å². The molecule has 0 fully saturated rings. The molecular formula is C29H38N2O16. The van der Waals surface area contributed by atoms with Gasteiger partial charge in [-0.05, 0) is 41.8 Å². The van der Waals surface area contributed by atoms with E-state index in [0.29, 0.717) is 17.8 Å². The molecule has 0 saturated heterocycles. The minimum Gasteiger partial charge on any atom is -0.450 e. The molecule has 0 amide bonds. The first-order valence-electron chi connectivity index (χ1n) is 14.0.